The summed E-state index contributed by atoms with van der Waals surface area (Å²) < 4.78 is 26.8. The van der Waals surface area contributed by atoms with Crippen LogP contribution < -0.4 is 29.0 Å². The summed E-state index contributed by atoms with van der Waals surface area (Å²) >= 11 is 0. The van der Waals surface area contributed by atoms with E-state index in [1.165, 1.54) is 13.2 Å². The first kappa shape index (κ1) is 26.0. The van der Waals surface area contributed by atoms with Gasteiger partial charge in [0.2, 0.25) is 11.7 Å². The molecule has 0 aromatic heterocycles. The fourth-order valence-electron chi connectivity index (χ4n) is 3.51. The van der Waals surface area contributed by atoms with Gasteiger partial charge in [0.1, 0.15) is 5.75 Å². The Balaban J connectivity index is 1.87. The highest BCUT2D eigenvalue weighted by Crippen LogP contribution is 2.39. The van der Waals surface area contributed by atoms with Gasteiger partial charge in [0.25, 0.3) is 0 Å². The maximum absolute atomic E-state index is 12.6. The molecule has 0 aliphatic carbocycles. The van der Waals surface area contributed by atoms with Crippen molar-refractivity contribution in [1.29, 1.82) is 0 Å². The lowest BCUT2D eigenvalue weighted by Crippen LogP contribution is -2.08. The molecule has 0 saturated carbocycles. The van der Waals surface area contributed by atoms with E-state index < -0.39 is 5.91 Å². The summed E-state index contributed by atoms with van der Waals surface area (Å²) in [6.45, 7) is 0. The fourth-order valence-corrected chi connectivity index (χ4v) is 3.51. The minimum atomic E-state index is -0.427. The lowest BCUT2D eigenvalue weighted by Gasteiger charge is -2.13. The van der Waals surface area contributed by atoms with Gasteiger partial charge >= 0.3 is 0 Å². The number of ether oxygens (including phenoxy) is 5. The van der Waals surface area contributed by atoms with Crippen LogP contribution in [-0.4, -0.2) is 46.6 Å². The minimum absolute atomic E-state index is 0.179. The molecule has 0 radical (unpaired) electrons. The Bertz CT molecular complexity index is 1260. The molecule has 0 fully saturated rings. The topological polar surface area (TPSA) is 95.5 Å². The zero-order valence-electron chi connectivity index (χ0n) is 20.8. The Labute approximate surface area is 210 Å². The van der Waals surface area contributed by atoms with Crippen LogP contribution in [0, 0.1) is 0 Å². The van der Waals surface area contributed by atoms with Gasteiger partial charge in [-0.25, -0.2) is 0 Å². The van der Waals surface area contributed by atoms with E-state index in [0.717, 1.165) is 11.1 Å². The molecule has 0 spiro atoms. The molecule has 36 heavy (non-hydrogen) atoms. The van der Waals surface area contributed by atoms with Gasteiger partial charge in [0, 0.05) is 11.6 Å². The van der Waals surface area contributed by atoms with Crippen LogP contribution in [0.2, 0.25) is 0 Å². The van der Waals surface area contributed by atoms with Crippen LogP contribution in [0.25, 0.3) is 18.2 Å². The van der Waals surface area contributed by atoms with Crippen molar-refractivity contribution in [3.05, 3.63) is 71.3 Å². The van der Waals surface area contributed by atoms with Gasteiger partial charge < -0.3 is 34.1 Å². The van der Waals surface area contributed by atoms with E-state index in [1.807, 2.05) is 30.4 Å². The molecule has 0 heterocycles. The third kappa shape index (κ3) is 6.09. The van der Waals surface area contributed by atoms with Crippen molar-refractivity contribution < 1.29 is 33.6 Å². The number of amides is 1. The van der Waals surface area contributed by atoms with Gasteiger partial charge in [0.15, 0.2) is 23.0 Å². The number of para-hydroxylation sites is 1. The van der Waals surface area contributed by atoms with Crippen molar-refractivity contribution in [2.45, 2.75) is 0 Å². The van der Waals surface area contributed by atoms with Crippen molar-refractivity contribution >= 4 is 29.8 Å². The first-order valence-corrected chi connectivity index (χ1v) is 10.9. The Kier molecular flexibility index (Phi) is 8.83. The SMILES string of the molecule is COc1ccccc1/C=C/C(=O)Nc1cc(/C=C/c2cc(OC)c(OC)c(OC)c2)cc(OC)c1O. The van der Waals surface area contributed by atoms with Crippen molar-refractivity contribution in [3.63, 3.8) is 0 Å². The number of carbonyl (C=O) groups excluding carboxylic acids is 1. The van der Waals surface area contributed by atoms with Gasteiger partial charge in [-0.1, -0.05) is 30.4 Å². The van der Waals surface area contributed by atoms with E-state index in [9.17, 15) is 9.90 Å². The van der Waals surface area contributed by atoms with Crippen molar-refractivity contribution in [2.24, 2.45) is 0 Å². The zero-order chi connectivity index (χ0) is 26.1. The standard InChI is InChI=1S/C28H29NO7/c1-32-22-9-7-6-8-20(22)12-13-26(30)29-21-14-18(15-23(33-2)27(21)31)10-11-19-16-24(34-3)28(36-5)25(17-19)35-4/h6-17,31H,1-5H3,(H,29,30)/b11-10+,13-12+. The minimum Gasteiger partial charge on any atom is -0.503 e. The van der Waals surface area contributed by atoms with Gasteiger partial charge in [-0.2, -0.15) is 0 Å². The summed E-state index contributed by atoms with van der Waals surface area (Å²) in [5.41, 5.74) is 2.43. The summed E-state index contributed by atoms with van der Waals surface area (Å²) in [6.07, 6.45) is 6.64. The Morgan fingerprint density at radius 3 is 1.86 bits per heavy atom. The van der Waals surface area contributed by atoms with Crippen molar-refractivity contribution in [2.75, 3.05) is 40.9 Å². The van der Waals surface area contributed by atoms with Crippen LogP contribution in [0.5, 0.6) is 34.5 Å². The predicted octanol–water partition coefficient (Wildman–Crippen LogP) is 5.26. The first-order chi connectivity index (χ1) is 17.4. The van der Waals surface area contributed by atoms with Crippen molar-refractivity contribution in [3.8, 4) is 34.5 Å². The van der Waals surface area contributed by atoms with Crippen LogP contribution in [0.3, 0.4) is 0 Å². The number of phenols is 1. The van der Waals surface area contributed by atoms with Crippen molar-refractivity contribution in [1.82, 2.24) is 0 Å². The Morgan fingerprint density at radius 1 is 0.722 bits per heavy atom. The van der Waals surface area contributed by atoms with E-state index in [2.05, 4.69) is 5.32 Å². The fraction of sp³-hybridized carbons (Fsp3) is 0.179. The van der Waals surface area contributed by atoms with E-state index >= 15 is 0 Å². The number of hydrogen-bond donors (Lipinski definition) is 2. The number of benzene rings is 3. The molecule has 0 aliphatic heterocycles. The smallest absolute Gasteiger partial charge is 0.248 e. The molecule has 0 atom stereocenters. The number of hydrogen-bond acceptors (Lipinski definition) is 7. The van der Waals surface area contributed by atoms with Gasteiger partial charge in [-0.3, -0.25) is 4.79 Å². The van der Waals surface area contributed by atoms with E-state index in [-0.39, 0.29) is 17.2 Å². The molecule has 3 rings (SSSR count). The van der Waals surface area contributed by atoms with Gasteiger partial charge in [0.05, 0.1) is 41.2 Å². The first-order valence-electron chi connectivity index (χ1n) is 10.9. The third-order valence-electron chi connectivity index (χ3n) is 5.28. The summed E-state index contributed by atoms with van der Waals surface area (Å²) in [4.78, 5) is 12.6. The number of anilines is 1. The van der Waals surface area contributed by atoms with E-state index in [1.54, 1.807) is 64.8 Å². The second-order valence-corrected chi connectivity index (χ2v) is 7.48. The highest BCUT2D eigenvalue weighted by Gasteiger charge is 2.14. The van der Waals surface area contributed by atoms with Crippen LogP contribution in [-0.2, 0) is 4.79 Å². The molecule has 188 valence electrons. The third-order valence-corrected chi connectivity index (χ3v) is 5.28. The monoisotopic (exact) mass is 491 g/mol. The van der Waals surface area contributed by atoms with Crippen LogP contribution in [0.15, 0.2) is 54.6 Å². The lowest BCUT2D eigenvalue weighted by molar-refractivity contribution is -0.111. The molecular weight excluding hydrogens is 462 g/mol. The van der Waals surface area contributed by atoms with Gasteiger partial charge in [-0.15, -0.1) is 0 Å². The molecule has 1 amide bonds. The molecule has 0 aliphatic rings. The summed E-state index contributed by atoms with van der Waals surface area (Å²) in [5.74, 6) is 1.79. The highest BCUT2D eigenvalue weighted by atomic mass is 16.5. The number of nitrogens with one attached hydrogen (secondary N) is 1. The van der Waals surface area contributed by atoms with Crippen LogP contribution in [0.4, 0.5) is 5.69 Å². The number of rotatable bonds is 10. The number of phenolic OH excluding ortho intramolecular Hbond substituents is 1. The molecule has 3 aromatic carbocycles. The quantitative estimate of drug-likeness (QED) is 0.227. The summed E-state index contributed by atoms with van der Waals surface area (Å²) in [7, 11) is 7.64. The molecule has 0 saturated heterocycles. The number of carbonyl (C=O) groups is 1. The highest BCUT2D eigenvalue weighted by molar-refractivity contribution is 6.03. The Hall–Kier alpha value is -4.59. The maximum atomic E-state index is 12.6. The van der Waals surface area contributed by atoms with E-state index in [0.29, 0.717) is 28.6 Å². The second kappa shape index (κ2) is 12.2. The second-order valence-electron chi connectivity index (χ2n) is 7.48. The van der Waals surface area contributed by atoms with E-state index in [4.69, 9.17) is 23.7 Å². The Morgan fingerprint density at radius 2 is 1.28 bits per heavy atom. The summed E-state index contributed by atoms with van der Waals surface area (Å²) in [6, 6.07) is 14.2. The molecule has 8 nitrogen and oxygen atoms in total. The lowest BCUT2D eigenvalue weighted by atomic mass is 10.1. The average molecular weight is 492 g/mol. The molecule has 3 aromatic rings. The number of aromatic hydroxyl groups is 1. The maximum Gasteiger partial charge on any atom is 0.248 e. The van der Waals surface area contributed by atoms with Crippen LogP contribution in [0.1, 0.15) is 16.7 Å². The zero-order valence-corrected chi connectivity index (χ0v) is 20.8. The number of methoxy groups -OCH3 is 5. The molecule has 2 N–H and O–H groups in total. The largest absolute Gasteiger partial charge is 0.503 e. The average Bonchev–Trinajstić information content (AvgIpc) is 2.91. The molecule has 0 unspecified atom stereocenters. The molecule has 0 bridgehead atoms. The van der Waals surface area contributed by atoms with Gasteiger partial charge in [-0.05, 0) is 47.5 Å². The van der Waals surface area contributed by atoms with Crippen LogP contribution >= 0.6 is 0 Å². The summed E-state index contributed by atoms with van der Waals surface area (Å²) in [5, 5.41) is 13.3. The predicted molar refractivity (Wildman–Crippen MR) is 140 cm³/mol. The normalized spacial score (nSPS) is 10.9. The molecule has 8 heteroatoms. The molecular formula is C28H29NO7.